The van der Waals surface area contributed by atoms with E-state index >= 15 is 0 Å². The van der Waals surface area contributed by atoms with Gasteiger partial charge >= 0.3 is 6.09 Å². The summed E-state index contributed by atoms with van der Waals surface area (Å²) in [5, 5.41) is 23.2. The van der Waals surface area contributed by atoms with E-state index in [9.17, 15) is 15.0 Å². The van der Waals surface area contributed by atoms with Crippen molar-refractivity contribution in [1.29, 1.82) is 0 Å². The first kappa shape index (κ1) is 21.2. The molecule has 0 aliphatic carbocycles. The minimum Gasteiger partial charge on any atom is -0.508 e. The van der Waals surface area contributed by atoms with Gasteiger partial charge in [0.2, 0.25) is 0 Å². The maximum Gasteiger partial charge on any atom is 0.412 e. The first-order chi connectivity index (χ1) is 15.1. The van der Waals surface area contributed by atoms with Gasteiger partial charge in [-0.2, -0.15) is 0 Å². The highest BCUT2D eigenvalue weighted by atomic mass is 16.6. The van der Waals surface area contributed by atoms with Crippen molar-refractivity contribution in [2.75, 3.05) is 5.32 Å². The molecule has 8 nitrogen and oxygen atoms in total. The van der Waals surface area contributed by atoms with E-state index < -0.39 is 11.7 Å². The number of imidazole rings is 1. The second-order valence-corrected chi connectivity index (χ2v) is 8.45. The van der Waals surface area contributed by atoms with Gasteiger partial charge in [0.25, 0.3) is 0 Å². The van der Waals surface area contributed by atoms with Crippen molar-refractivity contribution in [2.24, 2.45) is 0 Å². The molecule has 1 amide bonds. The zero-order valence-electron chi connectivity index (χ0n) is 18.2. The van der Waals surface area contributed by atoms with Crippen LogP contribution in [-0.2, 0) is 4.74 Å². The molecule has 3 N–H and O–H groups in total. The van der Waals surface area contributed by atoms with Crippen LogP contribution in [0.15, 0.2) is 54.7 Å². The fraction of sp³-hybridized carbons (Fsp3) is 0.208. The fourth-order valence-corrected chi connectivity index (χ4v) is 3.35. The van der Waals surface area contributed by atoms with Crippen LogP contribution >= 0.6 is 0 Å². The summed E-state index contributed by atoms with van der Waals surface area (Å²) in [7, 11) is 0. The number of fused-ring (bicyclic) bond motifs is 1. The van der Waals surface area contributed by atoms with Crippen LogP contribution in [0.4, 0.5) is 10.5 Å². The van der Waals surface area contributed by atoms with Crippen LogP contribution in [-0.4, -0.2) is 36.4 Å². The third-order valence-corrected chi connectivity index (χ3v) is 4.72. The lowest BCUT2D eigenvalue weighted by Gasteiger charge is -2.20. The van der Waals surface area contributed by atoms with Crippen LogP contribution in [0.1, 0.15) is 26.3 Å². The summed E-state index contributed by atoms with van der Waals surface area (Å²) in [4.78, 5) is 21.4. The van der Waals surface area contributed by atoms with Gasteiger partial charge < -0.3 is 14.9 Å². The van der Waals surface area contributed by atoms with E-state index in [0.717, 1.165) is 0 Å². The molecule has 0 spiro atoms. The van der Waals surface area contributed by atoms with Gasteiger partial charge in [-0.3, -0.25) is 9.88 Å². The summed E-state index contributed by atoms with van der Waals surface area (Å²) < 4.78 is 7.13. The predicted molar refractivity (Wildman–Crippen MR) is 122 cm³/mol. The summed E-state index contributed by atoms with van der Waals surface area (Å²) in [6, 6.07) is 13.7. The first-order valence-corrected chi connectivity index (χ1v) is 10.1. The number of aryl methyl sites for hydroxylation is 1. The van der Waals surface area contributed by atoms with Crippen LogP contribution in [0.25, 0.3) is 28.2 Å². The van der Waals surface area contributed by atoms with Crippen LogP contribution in [0, 0.1) is 6.92 Å². The standard InChI is InChI=1S/C24H24N4O4/c1-14-11-17(20(30)13-19(14)29)21-27-18-9-6-10-25-22(18)28(21)16-8-5-7-15(12-16)26-23(31)32-24(2,3)4/h5-13,29-30H,1-4H3,(H,26,31). The SMILES string of the molecule is Cc1cc(-c2nc3cccnc3n2-c2cccc(NC(=O)OC(C)(C)C)c2)c(O)cc1O. The Bertz CT molecular complexity index is 1320. The Balaban J connectivity index is 1.84. The molecule has 0 aliphatic heterocycles. The van der Waals surface area contributed by atoms with Gasteiger partial charge in [0.05, 0.1) is 11.3 Å². The maximum absolute atomic E-state index is 12.2. The van der Waals surface area contributed by atoms with Crippen molar-refractivity contribution >= 4 is 22.9 Å². The Hall–Kier alpha value is -4.07. The van der Waals surface area contributed by atoms with Gasteiger partial charge in [0, 0.05) is 18.0 Å². The number of phenolic OH excluding ortho intramolecular Hbond substituents is 2. The number of aromatic hydroxyl groups is 2. The molecular weight excluding hydrogens is 408 g/mol. The third-order valence-electron chi connectivity index (χ3n) is 4.72. The van der Waals surface area contributed by atoms with Crippen molar-refractivity contribution < 1.29 is 19.7 Å². The minimum absolute atomic E-state index is 0.00408. The molecule has 0 radical (unpaired) electrons. The Morgan fingerprint density at radius 3 is 2.59 bits per heavy atom. The lowest BCUT2D eigenvalue weighted by atomic mass is 10.1. The van der Waals surface area contributed by atoms with E-state index in [1.807, 2.05) is 12.1 Å². The predicted octanol–water partition coefficient (Wildman–Crippen LogP) is 5.15. The Labute approximate surface area is 185 Å². The van der Waals surface area contributed by atoms with Gasteiger partial charge in [-0.25, -0.2) is 14.8 Å². The van der Waals surface area contributed by atoms with Gasteiger partial charge in [0.1, 0.15) is 22.6 Å². The number of nitrogens with zero attached hydrogens (tertiary/aromatic N) is 3. The molecular formula is C24H24N4O4. The first-order valence-electron chi connectivity index (χ1n) is 10.1. The molecule has 4 rings (SSSR count). The van der Waals surface area contributed by atoms with Crippen LogP contribution < -0.4 is 5.32 Å². The number of hydrogen-bond acceptors (Lipinski definition) is 6. The van der Waals surface area contributed by atoms with Crippen LogP contribution in [0.2, 0.25) is 0 Å². The molecule has 0 atom stereocenters. The highest BCUT2D eigenvalue weighted by Gasteiger charge is 2.20. The number of benzene rings is 2. The molecule has 0 bridgehead atoms. The number of hydrogen-bond donors (Lipinski definition) is 3. The molecule has 8 heteroatoms. The van der Waals surface area contributed by atoms with E-state index in [4.69, 9.17) is 4.74 Å². The van der Waals surface area contributed by atoms with Crippen molar-refractivity contribution in [2.45, 2.75) is 33.3 Å². The highest BCUT2D eigenvalue weighted by molar-refractivity contribution is 5.86. The molecule has 2 heterocycles. The van der Waals surface area contributed by atoms with E-state index in [1.165, 1.54) is 6.07 Å². The molecule has 32 heavy (non-hydrogen) atoms. The number of carbonyl (C=O) groups excluding carboxylic acids is 1. The monoisotopic (exact) mass is 432 g/mol. The average molecular weight is 432 g/mol. The number of nitrogens with one attached hydrogen (secondary N) is 1. The Morgan fingerprint density at radius 2 is 1.84 bits per heavy atom. The Kier molecular flexibility index (Phi) is 5.22. The molecule has 2 aromatic heterocycles. The van der Waals surface area contributed by atoms with E-state index in [2.05, 4.69) is 15.3 Å². The number of carbonyl (C=O) groups is 1. The number of rotatable bonds is 3. The number of phenols is 2. The second-order valence-electron chi connectivity index (χ2n) is 8.45. The third kappa shape index (κ3) is 4.20. The number of amides is 1. The number of ether oxygens (including phenoxy) is 1. The minimum atomic E-state index is -0.617. The second kappa shape index (κ2) is 7.88. The summed E-state index contributed by atoms with van der Waals surface area (Å²) >= 11 is 0. The highest BCUT2D eigenvalue weighted by Crippen LogP contribution is 2.37. The smallest absolute Gasteiger partial charge is 0.412 e. The molecule has 164 valence electrons. The van der Waals surface area contributed by atoms with Gasteiger partial charge in [-0.15, -0.1) is 0 Å². The molecule has 0 aliphatic rings. The number of anilines is 1. The van der Waals surface area contributed by atoms with Gasteiger partial charge in [-0.05, 0) is 69.7 Å². The average Bonchev–Trinajstić information content (AvgIpc) is 3.08. The largest absolute Gasteiger partial charge is 0.508 e. The molecule has 2 aromatic carbocycles. The molecule has 4 aromatic rings. The summed E-state index contributed by atoms with van der Waals surface area (Å²) in [5.74, 6) is 0.344. The number of aromatic nitrogens is 3. The van der Waals surface area contributed by atoms with Crippen molar-refractivity contribution in [1.82, 2.24) is 14.5 Å². The summed E-state index contributed by atoms with van der Waals surface area (Å²) in [6.07, 6.45) is 1.10. The zero-order valence-corrected chi connectivity index (χ0v) is 18.2. The van der Waals surface area contributed by atoms with E-state index in [1.54, 1.807) is 68.8 Å². The van der Waals surface area contributed by atoms with E-state index in [0.29, 0.717) is 39.5 Å². The van der Waals surface area contributed by atoms with Crippen molar-refractivity contribution in [3.05, 3.63) is 60.3 Å². The normalized spacial score (nSPS) is 11.5. The molecule has 0 unspecified atom stereocenters. The summed E-state index contributed by atoms with van der Waals surface area (Å²) in [6.45, 7) is 7.13. The summed E-state index contributed by atoms with van der Waals surface area (Å²) in [5.41, 5.74) is 2.87. The maximum atomic E-state index is 12.2. The number of pyridine rings is 1. The lowest BCUT2D eigenvalue weighted by molar-refractivity contribution is 0.0636. The quantitative estimate of drug-likeness (QED) is 0.413. The molecule has 0 fully saturated rings. The lowest BCUT2D eigenvalue weighted by Crippen LogP contribution is -2.27. The van der Waals surface area contributed by atoms with Crippen molar-refractivity contribution in [3.8, 4) is 28.6 Å². The fourth-order valence-electron chi connectivity index (χ4n) is 3.35. The zero-order chi connectivity index (χ0) is 23.0. The van der Waals surface area contributed by atoms with Crippen LogP contribution in [0.5, 0.6) is 11.5 Å². The Morgan fingerprint density at radius 1 is 1.06 bits per heavy atom. The molecule has 0 saturated carbocycles. The van der Waals surface area contributed by atoms with E-state index in [-0.39, 0.29) is 11.5 Å². The topological polar surface area (TPSA) is 110 Å². The van der Waals surface area contributed by atoms with Gasteiger partial charge in [-0.1, -0.05) is 6.07 Å². The molecule has 0 saturated heterocycles. The van der Waals surface area contributed by atoms with Crippen molar-refractivity contribution in [3.63, 3.8) is 0 Å². The van der Waals surface area contributed by atoms with Crippen LogP contribution in [0.3, 0.4) is 0 Å². The van der Waals surface area contributed by atoms with Gasteiger partial charge in [0.15, 0.2) is 11.5 Å².